The van der Waals surface area contributed by atoms with E-state index in [9.17, 15) is 4.79 Å². The third kappa shape index (κ3) is 3.89. The number of amides is 1. The van der Waals surface area contributed by atoms with Crippen molar-refractivity contribution in [3.05, 3.63) is 89.0 Å². The molecule has 0 bridgehead atoms. The van der Waals surface area contributed by atoms with Gasteiger partial charge in [0.2, 0.25) is 0 Å². The van der Waals surface area contributed by atoms with Gasteiger partial charge < -0.3 is 15.8 Å². The normalized spacial score (nSPS) is 12.1. The fourth-order valence-electron chi connectivity index (χ4n) is 3.25. The topological polar surface area (TPSA) is 64.4 Å². The molecule has 0 fully saturated rings. The summed E-state index contributed by atoms with van der Waals surface area (Å²) in [4.78, 5) is 12.6. The summed E-state index contributed by atoms with van der Waals surface area (Å²) in [6, 6.07) is 21.5. The average molecular weight is 388 g/mol. The van der Waals surface area contributed by atoms with Crippen LogP contribution in [0.3, 0.4) is 0 Å². The fraction of sp³-hybridized carbons (Fsp3) is 0.130. The van der Waals surface area contributed by atoms with E-state index in [0.717, 1.165) is 35.5 Å². The molecule has 1 heterocycles. The first-order valence-corrected chi connectivity index (χ1v) is 9.54. The molecule has 3 N–H and O–H groups in total. The first-order valence-electron chi connectivity index (χ1n) is 9.13. The zero-order valence-corrected chi connectivity index (χ0v) is 16.1. The second-order valence-corrected chi connectivity index (χ2v) is 7.18. The lowest BCUT2D eigenvalue weighted by Crippen LogP contribution is -2.22. The fourth-order valence-corrected chi connectivity index (χ4v) is 3.39. The molecule has 0 atom stereocenters. The van der Waals surface area contributed by atoms with E-state index in [1.54, 1.807) is 24.3 Å². The van der Waals surface area contributed by atoms with Crippen molar-refractivity contribution in [3.8, 4) is 16.9 Å². The summed E-state index contributed by atoms with van der Waals surface area (Å²) in [7, 11) is 0. The van der Waals surface area contributed by atoms with Crippen LogP contribution in [0.25, 0.3) is 11.1 Å². The molecule has 0 spiro atoms. The van der Waals surface area contributed by atoms with Crippen LogP contribution >= 0.6 is 12.2 Å². The predicted octanol–water partition coefficient (Wildman–Crippen LogP) is 3.85. The molecule has 3 aromatic carbocycles. The van der Waals surface area contributed by atoms with Crippen LogP contribution in [0.4, 0.5) is 0 Å². The number of carbonyl (C=O) groups is 1. The number of ether oxygens (including phenoxy) is 1. The van der Waals surface area contributed by atoms with E-state index in [2.05, 4.69) is 29.6 Å². The minimum atomic E-state index is -0.128. The Balaban J connectivity index is 1.39. The second-order valence-electron chi connectivity index (χ2n) is 6.74. The molecule has 4 rings (SSSR count). The van der Waals surface area contributed by atoms with E-state index in [1.165, 1.54) is 11.1 Å². The van der Waals surface area contributed by atoms with Gasteiger partial charge in [-0.2, -0.15) is 0 Å². The maximum Gasteiger partial charge on any atom is 0.251 e. The summed E-state index contributed by atoms with van der Waals surface area (Å²) in [6.45, 7) is 1.23. The van der Waals surface area contributed by atoms with Crippen LogP contribution < -0.4 is 15.8 Å². The van der Waals surface area contributed by atoms with E-state index < -0.39 is 0 Å². The van der Waals surface area contributed by atoms with Crippen LogP contribution in [0.2, 0.25) is 0 Å². The molecule has 5 heteroatoms. The Morgan fingerprint density at radius 1 is 0.964 bits per heavy atom. The maximum atomic E-state index is 12.3. The smallest absolute Gasteiger partial charge is 0.251 e. The van der Waals surface area contributed by atoms with Crippen molar-refractivity contribution in [2.75, 3.05) is 6.61 Å². The minimum Gasteiger partial charge on any atom is -0.493 e. The molecular weight excluding hydrogens is 368 g/mol. The number of rotatable bonds is 5. The van der Waals surface area contributed by atoms with Crippen LogP contribution in [0, 0.1) is 0 Å². The van der Waals surface area contributed by atoms with Gasteiger partial charge in [-0.1, -0.05) is 54.7 Å². The lowest BCUT2D eigenvalue weighted by molar-refractivity contribution is 0.0951. The number of nitrogens with one attached hydrogen (secondary N) is 1. The summed E-state index contributed by atoms with van der Waals surface area (Å²) in [5.74, 6) is 0.863. The van der Waals surface area contributed by atoms with Gasteiger partial charge in [0.15, 0.2) is 0 Å². The Hall–Kier alpha value is -3.18. The van der Waals surface area contributed by atoms with Gasteiger partial charge in [-0.3, -0.25) is 4.79 Å². The molecule has 0 aliphatic carbocycles. The Morgan fingerprint density at radius 2 is 1.64 bits per heavy atom. The third-order valence-electron chi connectivity index (χ3n) is 4.86. The van der Waals surface area contributed by atoms with Gasteiger partial charge in [-0.05, 0) is 46.5 Å². The monoisotopic (exact) mass is 388 g/mol. The maximum absolute atomic E-state index is 12.3. The lowest BCUT2D eigenvalue weighted by atomic mass is 10.0. The summed E-state index contributed by atoms with van der Waals surface area (Å²) in [5.41, 5.74) is 11.5. The average Bonchev–Trinajstić information content (AvgIpc) is 3.20. The Morgan fingerprint density at radius 3 is 2.36 bits per heavy atom. The molecule has 0 radical (unpaired) electrons. The van der Waals surface area contributed by atoms with Crippen LogP contribution in [0.1, 0.15) is 27.0 Å². The molecule has 0 unspecified atom stereocenters. The zero-order valence-electron chi connectivity index (χ0n) is 15.3. The molecule has 3 aromatic rings. The van der Waals surface area contributed by atoms with Gasteiger partial charge in [0.05, 0.1) is 6.61 Å². The van der Waals surface area contributed by atoms with Crippen molar-refractivity contribution >= 4 is 23.1 Å². The highest BCUT2D eigenvalue weighted by Gasteiger charge is 2.12. The van der Waals surface area contributed by atoms with Crippen molar-refractivity contribution in [2.45, 2.75) is 13.0 Å². The van der Waals surface area contributed by atoms with Crippen LogP contribution in [0.15, 0.2) is 66.7 Å². The number of hydrogen-bond donors (Lipinski definition) is 2. The summed E-state index contributed by atoms with van der Waals surface area (Å²) in [6.07, 6.45) is 0.964. The van der Waals surface area contributed by atoms with Crippen molar-refractivity contribution < 1.29 is 9.53 Å². The molecule has 28 heavy (non-hydrogen) atoms. The molecule has 4 nitrogen and oxygen atoms in total. The number of carbonyl (C=O) groups excluding carboxylic acids is 1. The third-order valence-corrected chi connectivity index (χ3v) is 5.10. The van der Waals surface area contributed by atoms with Gasteiger partial charge in [0, 0.05) is 24.1 Å². The summed E-state index contributed by atoms with van der Waals surface area (Å²) < 4.78 is 5.56. The largest absolute Gasteiger partial charge is 0.493 e. The van der Waals surface area contributed by atoms with Crippen LogP contribution in [0.5, 0.6) is 5.75 Å². The van der Waals surface area contributed by atoms with Crippen LogP contribution in [-0.2, 0) is 13.0 Å². The number of thiocarbonyl (C=S) groups is 1. The van der Waals surface area contributed by atoms with Crippen molar-refractivity contribution in [2.24, 2.45) is 5.73 Å². The Kier molecular flexibility index (Phi) is 5.08. The van der Waals surface area contributed by atoms with Gasteiger partial charge in [0.25, 0.3) is 5.91 Å². The van der Waals surface area contributed by atoms with Crippen molar-refractivity contribution in [3.63, 3.8) is 0 Å². The highest BCUT2D eigenvalue weighted by atomic mass is 32.1. The van der Waals surface area contributed by atoms with Gasteiger partial charge in [-0.15, -0.1) is 0 Å². The van der Waals surface area contributed by atoms with E-state index in [-0.39, 0.29) is 5.91 Å². The van der Waals surface area contributed by atoms with E-state index >= 15 is 0 Å². The predicted molar refractivity (Wildman–Crippen MR) is 115 cm³/mol. The molecule has 0 saturated carbocycles. The molecule has 0 aromatic heterocycles. The minimum absolute atomic E-state index is 0.128. The molecule has 1 amide bonds. The van der Waals surface area contributed by atoms with Crippen molar-refractivity contribution in [1.29, 1.82) is 0 Å². The molecule has 140 valence electrons. The zero-order chi connectivity index (χ0) is 19.5. The Bertz CT molecular complexity index is 1030. The number of nitrogens with two attached hydrogens (primary N) is 1. The SMILES string of the molecule is NC(=S)c1ccc(C(=O)NCc2ccc(-c3ccc4c(c3)CCO4)cc2)cc1. The van der Waals surface area contributed by atoms with E-state index in [1.807, 2.05) is 18.2 Å². The first kappa shape index (κ1) is 18.2. The molecule has 0 saturated heterocycles. The van der Waals surface area contributed by atoms with Gasteiger partial charge in [-0.25, -0.2) is 0 Å². The number of benzene rings is 3. The molecule has 1 aliphatic rings. The van der Waals surface area contributed by atoms with Gasteiger partial charge >= 0.3 is 0 Å². The number of hydrogen-bond acceptors (Lipinski definition) is 3. The van der Waals surface area contributed by atoms with E-state index in [4.69, 9.17) is 22.7 Å². The first-order chi connectivity index (χ1) is 13.6. The molecule has 1 aliphatic heterocycles. The molecular formula is C23H20N2O2S. The quantitative estimate of drug-likeness (QED) is 0.652. The highest BCUT2D eigenvalue weighted by molar-refractivity contribution is 7.80. The lowest BCUT2D eigenvalue weighted by Gasteiger charge is -2.08. The highest BCUT2D eigenvalue weighted by Crippen LogP contribution is 2.30. The standard InChI is InChI=1S/C23H20N2O2S/c24-22(28)17-5-7-18(8-6-17)23(26)25-14-15-1-3-16(4-2-15)19-9-10-21-20(13-19)11-12-27-21/h1-10,13H,11-12,14H2,(H2,24,28)(H,25,26). The van der Waals surface area contributed by atoms with E-state index in [0.29, 0.717) is 17.1 Å². The summed E-state index contributed by atoms with van der Waals surface area (Å²) in [5, 5.41) is 2.94. The van der Waals surface area contributed by atoms with Gasteiger partial charge in [0.1, 0.15) is 10.7 Å². The summed E-state index contributed by atoms with van der Waals surface area (Å²) >= 11 is 4.93. The Labute approximate surface area is 169 Å². The number of fused-ring (bicyclic) bond motifs is 1. The van der Waals surface area contributed by atoms with Crippen LogP contribution in [-0.4, -0.2) is 17.5 Å². The van der Waals surface area contributed by atoms with Crippen molar-refractivity contribution in [1.82, 2.24) is 5.32 Å². The second kappa shape index (κ2) is 7.82.